The Bertz CT molecular complexity index is 472. The van der Waals surface area contributed by atoms with E-state index in [0.717, 1.165) is 25.3 Å². The number of nitrogens with two attached hydrogens (primary N) is 1. The lowest BCUT2D eigenvalue weighted by atomic mass is 9.99. The van der Waals surface area contributed by atoms with Crippen molar-refractivity contribution in [1.82, 2.24) is 0 Å². The van der Waals surface area contributed by atoms with Crippen molar-refractivity contribution in [2.45, 2.75) is 18.1 Å². The van der Waals surface area contributed by atoms with Crippen molar-refractivity contribution in [2.24, 2.45) is 5.73 Å². The summed E-state index contributed by atoms with van der Waals surface area (Å²) in [6, 6.07) is 1.59. The van der Waals surface area contributed by atoms with Gasteiger partial charge in [0.15, 0.2) is 0 Å². The SMILES string of the molecule is COC(=O)c1cccc([C@H](N)C(F)(F)C(F)(F)F)c1. The van der Waals surface area contributed by atoms with Gasteiger partial charge in [0.05, 0.1) is 12.7 Å². The summed E-state index contributed by atoms with van der Waals surface area (Å²) in [4.78, 5) is 11.2. The van der Waals surface area contributed by atoms with Crippen LogP contribution in [0.1, 0.15) is 22.0 Å². The topological polar surface area (TPSA) is 52.3 Å². The molecule has 106 valence electrons. The van der Waals surface area contributed by atoms with E-state index in [9.17, 15) is 26.7 Å². The lowest BCUT2D eigenvalue weighted by molar-refractivity contribution is -0.291. The van der Waals surface area contributed by atoms with Crippen LogP contribution in [0.3, 0.4) is 0 Å². The highest BCUT2D eigenvalue weighted by molar-refractivity contribution is 5.89. The smallest absolute Gasteiger partial charge is 0.455 e. The zero-order chi connectivity index (χ0) is 14.8. The minimum absolute atomic E-state index is 0.159. The third-order valence-corrected chi connectivity index (χ3v) is 2.44. The maximum atomic E-state index is 13.1. The van der Waals surface area contributed by atoms with Gasteiger partial charge in [-0.15, -0.1) is 0 Å². The van der Waals surface area contributed by atoms with Crippen molar-refractivity contribution in [3.05, 3.63) is 35.4 Å². The highest BCUT2D eigenvalue weighted by Crippen LogP contribution is 2.43. The number of hydrogen-bond acceptors (Lipinski definition) is 3. The minimum Gasteiger partial charge on any atom is -0.465 e. The molecule has 0 spiro atoms. The molecule has 0 bridgehead atoms. The van der Waals surface area contributed by atoms with Gasteiger partial charge < -0.3 is 10.5 Å². The summed E-state index contributed by atoms with van der Waals surface area (Å²) in [5.41, 5.74) is 4.28. The Balaban J connectivity index is 3.14. The van der Waals surface area contributed by atoms with E-state index in [1.165, 1.54) is 6.07 Å². The molecule has 0 aliphatic rings. The Morgan fingerprint density at radius 1 is 1.26 bits per heavy atom. The molecular weight excluding hydrogens is 273 g/mol. The van der Waals surface area contributed by atoms with Crippen LogP contribution in [-0.2, 0) is 4.74 Å². The van der Waals surface area contributed by atoms with E-state index in [0.29, 0.717) is 0 Å². The molecule has 0 amide bonds. The van der Waals surface area contributed by atoms with Crippen LogP contribution in [0.4, 0.5) is 22.0 Å². The maximum absolute atomic E-state index is 13.1. The van der Waals surface area contributed by atoms with Gasteiger partial charge in [0.1, 0.15) is 6.04 Å². The molecule has 0 saturated carbocycles. The van der Waals surface area contributed by atoms with Crippen LogP contribution < -0.4 is 5.73 Å². The first-order valence-electron chi connectivity index (χ1n) is 4.99. The van der Waals surface area contributed by atoms with Crippen molar-refractivity contribution >= 4 is 5.97 Å². The molecule has 8 heteroatoms. The Morgan fingerprint density at radius 2 is 1.84 bits per heavy atom. The molecule has 0 heterocycles. The molecular formula is C11H10F5NO2. The molecule has 19 heavy (non-hydrogen) atoms. The van der Waals surface area contributed by atoms with E-state index in [4.69, 9.17) is 5.73 Å². The Kier molecular flexibility index (Phi) is 4.14. The molecule has 1 rings (SSSR count). The number of carbonyl (C=O) groups excluding carboxylic acids is 1. The first-order valence-corrected chi connectivity index (χ1v) is 4.99. The van der Waals surface area contributed by atoms with Gasteiger partial charge in [-0.2, -0.15) is 22.0 Å². The molecule has 1 atom stereocenters. The lowest BCUT2D eigenvalue weighted by Crippen LogP contribution is -2.45. The van der Waals surface area contributed by atoms with Gasteiger partial charge in [-0.05, 0) is 17.7 Å². The average Bonchev–Trinajstić information content (AvgIpc) is 2.35. The Hall–Kier alpha value is -1.70. The molecule has 0 unspecified atom stereocenters. The second-order valence-corrected chi connectivity index (χ2v) is 3.72. The molecule has 0 radical (unpaired) electrons. The second kappa shape index (κ2) is 5.12. The van der Waals surface area contributed by atoms with Gasteiger partial charge in [0, 0.05) is 0 Å². The number of carbonyl (C=O) groups is 1. The van der Waals surface area contributed by atoms with Crippen LogP contribution >= 0.6 is 0 Å². The van der Waals surface area contributed by atoms with Crippen molar-refractivity contribution in [2.75, 3.05) is 7.11 Å². The first kappa shape index (κ1) is 15.4. The molecule has 0 aromatic heterocycles. The molecule has 0 fully saturated rings. The zero-order valence-corrected chi connectivity index (χ0v) is 9.67. The van der Waals surface area contributed by atoms with Crippen LogP contribution in [0.25, 0.3) is 0 Å². The third-order valence-electron chi connectivity index (χ3n) is 2.44. The predicted octanol–water partition coefficient (Wildman–Crippen LogP) is 2.67. The summed E-state index contributed by atoms with van der Waals surface area (Å²) >= 11 is 0. The molecule has 0 aliphatic carbocycles. The van der Waals surface area contributed by atoms with Gasteiger partial charge >= 0.3 is 18.1 Å². The fourth-order valence-corrected chi connectivity index (χ4v) is 1.36. The monoisotopic (exact) mass is 283 g/mol. The van der Waals surface area contributed by atoms with Crippen molar-refractivity contribution < 1.29 is 31.5 Å². The quantitative estimate of drug-likeness (QED) is 0.685. The average molecular weight is 283 g/mol. The highest BCUT2D eigenvalue weighted by atomic mass is 19.4. The van der Waals surface area contributed by atoms with Gasteiger partial charge in [-0.1, -0.05) is 12.1 Å². The summed E-state index contributed by atoms with van der Waals surface area (Å²) in [5, 5.41) is 0. The van der Waals surface area contributed by atoms with E-state index in [2.05, 4.69) is 4.74 Å². The fourth-order valence-electron chi connectivity index (χ4n) is 1.36. The second-order valence-electron chi connectivity index (χ2n) is 3.72. The van der Waals surface area contributed by atoms with E-state index < -0.39 is 29.7 Å². The number of halogens is 5. The van der Waals surface area contributed by atoms with Crippen LogP contribution in [-0.4, -0.2) is 25.2 Å². The van der Waals surface area contributed by atoms with Gasteiger partial charge in [0.25, 0.3) is 0 Å². The lowest BCUT2D eigenvalue weighted by Gasteiger charge is -2.26. The van der Waals surface area contributed by atoms with Crippen LogP contribution in [0.2, 0.25) is 0 Å². The fraction of sp³-hybridized carbons (Fsp3) is 0.364. The van der Waals surface area contributed by atoms with Gasteiger partial charge in [-0.3, -0.25) is 0 Å². The number of benzene rings is 1. The molecule has 1 aromatic carbocycles. The number of esters is 1. The van der Waals surface area contributed by atoms with Gasteiger partial charge in [0.2, 0.25) is 0 Å². The summed E-state index contributed by atoms with van der Waals surface area (Å²) in [5.74, 6) is -5.95. The number of hydrogen-bond donors (Lipinski definition) is 1. The summed E-state index contributed by atoms with van der Waals surface area (Å²) in [6.07, 6.45) is -5.77. The molecule has 0 saturated heterocycles. The largest absolute Gasteiger partial charge is 0.465 e. The first-order chi connectivity index (χ1) is 8.61. The van der Waals surface area contributed by atoms with Crippen LogP contribution in [0, 0.1) is 0 Å². The summed E-state index contributed by atoms with van der Waals surface area (Å²) < 4.78 is 67.0. The van der Waals surface area contributed by atoms with E-state index in [1.807, 2.05) is 0 Å². The number of ether oxygens (including phenoxy) is 1. The van der Waals surface area contributed by atoms with Gasteiger partial charge in [-0.25, -0.2) is 4.79 Å². The molecule has 3 nitrogen and oxygen atoms in total. The Labute approximate surface area is 105 Å². The number of alkyl halides is 5. The third kappa shape index (κ3) is 3.01. The molecule has 2 N–H and O–H groups in total. The normalized spacial score (nSPS) is 14.1. The number of rotatable bonds is 3. The molecule has 0 aliphatic heterocycles. The van der Waals surface area contributed by atoms with Crippen molar-refractivity contribution in [1.29, 1.82) is 0 Å². The van der Waals surface area contributed by atoms with E-state index >= 15 is 0 Å². The van der Waals surface area contributed by atoms with Crippen molar-refractivity contribution in [3.8, 4) is 0 Å². The van der Waals surface area contributed by atoms with Crippen LogP contribution in [0.5, 0.6) is 0 Å². The number of methoxy groups -OCH3 is 1. The van der Waals surface area contributed by atoms with Crippen molar-refractivity contribution in [3.63, 3.8) is 0 Å². The summed E-state index contributed by atoms with van der Waals surface area (Å²) in [7, 11) is 1.05. The Morgan fingerprint density at radius 3 is 2.32 bits per heavy atom. The van der Waals surface area contributed by atoms with Crippen LogP contribution in [0.15, 0.2) is 24.3 Å². The maximum Gasteiger partial charge on any atom is 0.455 e. The molecule has 1 aromatic rings. The zero-order valence-electron chi connectivity index (χ0n) is 9.67. The minimum atomic E-state index is -5.77. The standard InChI is InChI=1S/C11H10F5NO2/c1-19-9(18)7-4-2-3-6(5-7)8(17)10(12,13)11(14,15)16/h2-5,8H,17H2,1H3/t8-/m0/s1. The highest BCUT2D eigenvalue weighted by Gasteiger charge is 2.61. The van der Waals surface area contributed by atoms with E-state index in [-0.39, 0.29) is 5.56 Å². The van der Waals surface area contributed by atoms with E-state index in [1.54, 1.807) is 0 Å². The predicted molar refractivity (Wildman–Crippen MR) is 55.7 cm³/mol. The summed E-state index contributed by atoms with van der Waals surface area (Å²) in [6.45, 7) is 0.